The van der Waals surface area contributed by atoms with Gasteiger partial charge in [0.2, 0.25) is 0 Å². The lowest BCUT2D eigenvalue weighted by Crippen LogP contribution is -1.91. The fourth-order valence-electron chi connectivity index (χ4n) is 8.90. The summed E-state index contributed by atoms with van der Waals surface area (Å²) in [4.78, 5) is 15.6. The summed E-state index contributed by atoms with van der Waals surface area (Å²) < 4.78 is 0. The Morgan fingerprint density at radius 2 is 0.793 bits per heavy atom. The number of hydrogen-bond acceptors (Lipinski definition) is 3. The van der Waals surface area contributed by atoms with Gasteiger partial charge in [-0.15, -0.1) is 0 Å². The largest absolute Gasteiger partial charge is 0.247 e. The second kappa shape index (κ2) is 12.9. The van der Waals surface area contributed by atoms with Crippen molar-refractivity contribution in [3.8, 4) is 44.9 Å². The second-order valence-corrected chi connectivity index (χ2v) is 15.2. The third-order valence-electron chi connectivity index (χ3n) is 11.8. The minimum absolute atomic E-state index is 0.918. The van der Waals surface area contributed by atoms with E-state index >= 15 is 0 Å². The molecule has 0 amide bonds. The first-order chi connectivity index (χ1) is 28.7. The molecule has 12 aromatic rings. The molecule has 0 fully saturated rings. The molecule has 268 valence electrons. The van der Waals surface area contributed by atoms with Crippen molar-refractivity contribution in [1.29, 1.82) is 0 Å². The molecule has 3 nitrogen and oxygen atoms in total. The lowest BCUT2D eigenvalue weighted by Gasteiger charge is -2.14. The lowest BCUT2D eigenvalue weighted by atomic mass is 9.93. The Balaban J connectivity index is 0.920. The molecule has 3 heterocycles. The van der Waals surface area contributed by atoms with E-state index in [0.29, 0.717) is 0 Å². The van der Waals surface area contributed by atoms with Crippen LogP contribution in [-0.2, 0) is 0 Å². The van der Waals surface area contributed by atoms with Crippen LogP contribution in [0.25, 0.3) is 121 Å². The average Bonchev–Trinajstić information content (AvgIpc) is 3.30. The van der Waals surface area contributed by atoms with Gasteiger partial charge in [0.15, 0.2) is 0 Å². The quantitative estimate of drug-likeness (QED) is 0.169. The highest BCUT2D eigenvalue weighted by Gasteiger charge is 2.15. The maximum Gasteiger partial charge on any atom is 0.0972 e. The van der Waals surface area contributed by atoms with Crippen molar-refractivity contribution < 1.29 is 0 Å². The molecule has 0 spiro atoms. The fourth-order valence-corrected chi connectivity index (χ4v) is 8.90. The van der Waals surface area contributed by atoms with Gasteiger partial charge in [0.05, 0.1) is 33.6 Å². The molecule has 3 heteroatoms. The molecular formula is C55H33N3. The van der Waals surface area contributed by atoms with Crippen molar-refractivity contribution in [2.75, 3.05) is 0 Å². The normalized spacial score (nSPS) is 11.8. The zero-order valence-electron chi connectivity index (χ0n) is 31.4. The van der Waals surface area contributed by atoms with Crippen LogP contribution >= 0.6 is 0 Å². The summed E-state index contributed by atoms with van der Waals surface area (Å²) in [6.45, 7) is 0. The molecule has 58 heavy (non-hydrogen) atoms. The predicted molar refractivity (Wildman–Crippen MR) is 244 cm³/mol. The van der Waals surface area contributed by atoms with Crippen molar-refractivity contribution in [1.82, 2.24) is 15.0 Å². The van der Waals surface area contributed by atoms with E-state index in [1.807, 2.05) is 6.07 Å². The van der Waals surface area contributed by atoms with E-state index in [2.05, 4.69) is 194 Å². The van der Waals surface area contributed by atoms with Crippen molar-refractivity contribution in [2.45, 2.75) is 0 Å². The molecule has 9 aromatic carbocycles. The monoisotopic (exact) mass is 735 g/mol. The van der Waals surface area contributed by atoms with Crippen molar-refractivity contribution in [3.05, 3.63) is 200 Å². The number of aromatic nitrogens is 3. The maximum atomic E-state index is 5.26. The van der Waals surface area contributed by atoms with Gasteiger partial charge in [0, 0.05) is 43.6 Å². The summed E-state index contributed by atoms with van der Waals surface area (Å²) in [6.07, 6.45) is 0. The Morgan fingerprint density at radius 3 is 1.57 bits per heavy atom. The summed E-state index contributed by atoms with van der Waals surface area (Å²) >= 11 is 0. The highest BCUT2D eigenvalue weighted by Crippen LogP contribution is 2.39. The highest BCUT2D eigenvalue weighted by atomic mass is 14.8. The number of benzene rings is 9. The van der Waals surface area contributed by atoms with Crippen LogP contribution < -0.4 is 0 Å². The topological polar surface area (TPSA) is 38.7 Å². The third-order valence-corrected chi connectivity index (χ3v) is 11.8. The summed E-state index contributed by atoms with van der Waals surface area (Å²) in [7, 11) is 0. The van der Waals surface area contributed by atoms with Crippen molar-refractivity contribution in [3.63, 3.8) is 0 Å². The first-order valence-corrected chi connectivity index (χ1v) is 19.8. The van der Waals surface area contributed by atoms with Crippen LogP contribution in [0.3, 0.4) is 0 Å². The van der Waals surface area contributed by atoms with Gasteiger partial charge in [-0.2, -0.15) is 0 Å². The Labute approximate surface area is 334 Å². The molecule has 0 radical (unpaired) electrons. The van der Waals surface area contributed by atoms with E-state index in [0.717, 1.165) is 61.1 Å². The standard InChI is InChI=1S/C55H33N3/c1-2-10-35(11-3-1)49-29-24-36-17-18-37-25-30-50(57-55(37)54(36)56-49)42-23-27-45-41(33-42)20-19-40-31-39(22-26-44(40)45)38-12-8-13-43(32-38)53-48-28-21-34-9-4-5-14-46(34)52(48)47-15-6-7-16-51(47)58-53/h1-33H. The van der Waals surface area contributed by atoms with Crippen molar-refractivity contribution >= 4 is 75.8 Å². The molecule has 0 aliphatic carbocycles. The summed E-state index contributed by atoms with van der Waals surface area (Å²) in [6, 6.07) is 71.6. The van der Waals surface area contributed by atoms with Gasteiger partial charge in [-0.1, -0.05) is 164 Å². The number of pyridine rings is 3. The fraction of sp³-hybridized carbons (Fsp3) is 0. The Kier molecular flexibility index (Phi) is 7.23. The molecule has 0 N–H and O–H groups in total. The smallest absolute Gasteiger partial charge is 0.0972 e. The molecule has 3 aromatic heterocycles. The van der Waals surface area contributed by atoms with Gasteiger partial charge in [-0.25, -0.2) is 15.0 Å². The van der Waals surface area contributed by atoms with Gasteiger partial charge in [-0.05, 0) is 79.8 Å². The molecule has 0 atom stereocenters. The number of nitrogens with zero attached hydrogens (tertiary/aromatic N) is 3. The SMILES string of the molecule is c1ccc(-c2ccc3ccc4ccc(-c5ccc6c(ccc7cc(-c8cccc(-c9nc%10ccccc%10c%10c9ccc9ccccc9%10)c8)ccc76)c5)nc4c3n2)cc1. The first-order valence-electron chi connectivity index (χ1n) is 19.8. The number of para-hydroxylation sites is 1. The second-order valence-electron chi connectivity index (χ2n) is 15.2. The molecule has 0 saturated carbocycles. The highest BCUT2D eigenvalue weighted by molar-refractivity contribution is 6.22. The Morgan fingerprint density at radius 1 is 0.259 bits per heavy atom. The van der Waals surface area contributed by atoms with E-state index in [1.165, 1.54) is 59.6 Å². The van der Waals surface area contributed by atoms with Gasteiger partial charge >= 0.3 is 0 Å². The lowest BCUT2D eigenvalue weighted by molar-refractivity contribution is 1.37. The molecule has 12 rings (SSSR count). The predicted octanol–water partition coefficient (Wildman–Crippen LogP) is 14.6. The Bertz CT molecular complexity index is 3610. The minimum Gasteiger partial charge on any atom is -0.247 e. The van der Waals surface area contributed by atoms with E-state index in [-0.39, 0.29) is 0 Å². The van der Waals surface area contributed by atoms with Crippen LogP contribution in [0.4, 0.5) is 0 Å². The molecule has 0 saturated heterocycles. The van der Waals surface area contributed by atoms with E-state index in [1.54, 1.807) is 0 Å². The van der Waals surface area contributed by atoms with E-state index < -0.39 is 0 Å². The first kappa shape index (κ1) is 32.5. The van der Waals surface area contributed by atoms with Crippen molar-refractivity contribution in [2.24, 2.45) is 0 Å². The van der Waals surface area contributed by atoms with Gasteiger partial charge in [-0.3, -0.25) is 0 Å². The molecular weight excluding hydrogens is 703 g/mol. The Hall–Kier alpha value is -7.75. The summed E-state index contributed by atoms with van der Waals surface area (Å²) in [5.74, 6) is 0. The van der Waals surface area contributed by atoms with Gasteiger partial charge < -0.3 is 0 Å². The van der Waals surface area contributed by atoms with Crippen LogP contribution in [0.15, 0.2) is 200 Å². The van der Waals surface area contributed by atoms with Crippen LogP contribution in [0.5, 0.6) is 0 Å². The maximum absolute atomic E-state index is 5.26. The zero-order chi connectivity index (χ0) is 38.2. The number of hydrogen-bond donors (Lipinski definition) is 0. The molecule has 0 bridgehead atoms. The molecule has 0 unspecified atom stereocenters. The summed E-state index contributed by atoms with van der Waals surface area (Å²) in [5.41, 5.74) is 11.4. The number of fused-ring (bicyclic) bond motifs is 11. The van der Waals surface area contributed by atoms with Crippen LogP contribution in [0.1, 0.15) is 0 Å². The minimum atomic E-state index is 0.918. The van der Waals surface area contributed by atoms with Crippen LogP contribution in [-0.4, -0.2) is 15.0 Å². The van der Waals surface area contributed by atoms with Crippen LogP contribution in [0.2, 0.25) is 0 Å². The molecule has 0 aliphatic heterocycles. The van der Waals surface area contributed by atoms with Gasteiger partial charge in [0.25, 0.3) is 0 Å². The third kappa shape index (κ3) is 5.25. The van der Waals surface area contributed by atoms with Crippen LogP contribution in [0, 0.1) is 0 Å². The average molecular weight is 736 g/mol. The molecule has 0 aliphatic rings. The van der Waals surface area contributed by atoms with Gasteiger partial charge in [0.1, 0.15) is 0 Å². The zero-order valence-corrected chi connectivity index (χ0v) is 31.4. The van der Waals surface area contributed by atoms with E-state index in [9.17, 15) is 0 Å². The summed E-state index contributed by atoms with van der Waals surface area (Å²) in [5, 5.41) is 13.1. The number of rotatable bonds is 4. The van der Waals surface area contributed by atoms with E-state index in [4.69, 9.17) is 15.0 Å².